The Hall–Kier alpha value is -2.44. The predicted octanol–water partition coefficient (Wildman–Crippen LogP) is 2.64. The molecule has 20 heavy (non-hydrogen) atoms. The van der Waals surface area contributed by atoms with Crippen molar-refractivity contribution in [1.82, 2.24) is 9.78 Å². The van der Waals surface area contributed by atoms with Crippen molar-refractivity contribution in [3.05, 3.63) is 51.5 Å². The quantitative estimate of drug-likeness (QED) is 0.674. The molecule has 0 spiro atoms. The van der Waals surface area contributed by atoms with Crippen LogP contribution in [0.25, 0.3) is 0 Å². The Bertz CT molecular complexity index is 639. The van der Waals surface area contributed by atoms with Crippen LogP contribution in [-0.4, -0.2) is 14.7 Å². The van der Waals surface area contributed by atoms with Gasteiger partial charge in [0.05, 0.1) is 4.92 Å². The van der Waals surface area contributed by atoms with Crippen LogP contribution in [0.2, 0.25) is 0 Å². The van der Waals surface area contributed by atoms with Crippen LogP contribution in [-0.2, 0) is 20.0 Å². The first-order chi connectivity index (χ1) is 9.52. The highest BCUT2D eigenvalue weighted by Crippen LogP contribution is 2.28. The average molecular weight is 278 g/mol. The van der Waals surface area contributed by atoms with Crippen molar-refractivity contribution < 1.29 is 9.31 Å². The Morgan fingerprint density at radius 3 is 2.85 bits per heavy atom. The molecular formula is C13H15FN4O2. The van der Waals surface area contributed by atoms with Crippen LogP contribution in [0.4, 0.5) is 15.9 Å². The SMILES string of the molecule is CCc1nn(C)c(NCc2cccc(F)c2)c1[N+](=O)[O-]. The molecule has 0 amide bonds. The number of nitrogens with zero attached hydrogens (tertiary/aromatic N) is 3. The van der Waals surface area contributed by atoms with Crippen molar-refractivity contribution in [1.29, 1.82) is 0 Å². The number of nitrogens with one attached hydrogen (secondary N) is 1. The van der Waals surface area contributed by atoms with E-state index in [1.54, 1.807) is 19.2 Å². The van der Waals surface area contributed by atoms with Gasteiger partial charge in [-0.3, -0.25) is 10.1 Å². The van der Waals surface area contributed by atoms with Gasteiger partial charge in [-0.2, -0.15) is 5.10 Å². The summed E-state index contributed by atoms with van der Waals surface area (Å²) in [6.07, 6.45) is 0.478. The summed E-state index contributed by atoms with van der Waals surface area (Å²) in [5.74, 6) is -0.00540. The Labute approximate surface area is 115 Å². The molecule has 106 valence electrons. The van der Waals surface area contributed by atoms with Gasteiger partial charge in [0.15, 0.2) is 0 Å². The number of hydrogen-bond acceptors (Lipinski definition) is 4. The monoisotopic (exact) mass is 278 g/mol. The third kappa shape index (κ3) is 2.76. The second-order valence-electron chi connectivity index (χ2n) is 4.36. The van der Waals surface area contributed by atoms with Crippen LogP contribution in [0.5, 0.6) is 0 Å². The number of aryl methyl sites for hydroxylation is 2. The van der Waals surface area contributed by atoms with Crippen molar-refractivity contribution in [2.24, 2.45) is 7.05 Å². The number of aromatic nitrogens is 2. The molecule has 7 heteroatoms. The molecule has 0 atom stereocenters. The normalized spacial score (nSPS) is 10.6. The molecule has 1 aromatic heterocycles. The molecule has 0 bridgehead atoms. The maximum Gasteiger partial charge on any atom is 0.333 e. The lowest BCUT2D eigenvalue weighted by Gasteiger charge is -2.06. The van der Waals surface area contributed by atoms with Crippen molar-refractivity contribution >= 4 is 11.5 Å². The van der Waals surface area contributed by atoms with Gasteiger partial charge < -0.3 is 5.32 Å². The van der Waals surface area contributed by atoms with E-state index in [4.69, 9.17) is 0 Å². The molecule has 1 heterocycles. The Morgan fingerprint density at radius 1 is 1.50 bits per heavy atom. The molecule has 6 nitrogen and oxygen atoms in total. The van der Waals surface area contributed by atoms with E-state index >= 15 is 0 Å². The van der Waals surface area contributed by atoms with E-state index < -0.39 is 4.92 Å². The highest BCUT2D eigenvalue weighted by atomic mass is 19.1. The van der Waals surface area contributed by atoms with E-state index in [0.29, 0.717) is 30.0 Å². The number of nitro groups is 1. The third-order valence-corrected chi connectivity index (χ3v) is 2.96. The highest BCUT2D eigenvalue weighted by molar-refractivity contribution is 5.60. The van der Waals surface area contributed by atoms with E-state index in [1.165, 1.54) is 16.8 Å². The van der Waals surface area contributed by atoms with Crippen molar-refractivity contribution in [2.45, 2.75) is 19.9 Å². The molecular weight excluding hydrogens is 263 g/mol. The molecule has 0 unspecified atom stereocenters. The molecule has 0 saturated carbocycles. The number of halogens is 1. The zero-order valence-electron chi connectivity index (χ0n) is 11.3. The van der Waals surface area contributed by atoms with Gasteiger partial charge >= 0.3 is 5.69 Å². The molecule has 0 fully saturated rings. The molecule has 0 saturated heterocycles. The summed E-state index contributed by atoms with van der Waals surface area (Å²) in [5.41, 5.74) is 1.11. The summed E-state index contributed by atoms with van der Waals surface area (Å²) in [6, 6.07) is 6.08. The number of benzene rings is 1. The number of hydrogen-bond donors (Lipinski definition) is 1. The standard InChI is InChI=1S/C13H15FN4O2/c1-3-11-12(18(19)20)13(17(2)16-11)15-8-9-5-4-6-10(14)7-9/h4-7,15H,3,8H2,1-2H3. The van der Waals surface area contributed by atoms with Gasteiger partial charge in [0.2, 0.25) is 5.82 Å². The van der Waals surface area contributed by atoms with Crippen LogP contribution < -0.4 is 5.32 Å². The lowest BCUT2D eigenvalue weighted by molar-refractivity contribution is -0.384. The smallest absolute Gasteiger partial charge is 0.333 e. The maximum absolute atomic E-state index is 13.1. The first kappa shape index (κ1) is 14.0. The minimum Gasteiger partial charge on any atom is -0.360 e. The van der Waals surface area contributed by atoms with E-state index in [0.717, 1.165) is 0 Å². The van der Waals surface area contributed by atoms with Crippen LogP contribution >= 0.6 is 0 Å². The van der Waals surface area contributed by atoms with E-state index in [1.807, 2.05) is 6.92 Å². The van der Waals surface area contributed by atoms with Crippen LogP contribution in [0.3, 0.4) is 0 Å². The van der Waals surface area contributed by atoms with Gasteiger partial charge in [0.25, 0.3) is 0 Å². The molecule has 0 radical (unpaired) electrons. The van der Waals surface area contributed by atoms with Crippen molar-refractivity contribution in [2.75, 3.05) is 5.32 Å². The van der Waals surface area contributed by atoms with Gasteiger partial charge in [-0.05, 0) is 24.1 Å². The lowest BCUT2D eigenvalue weighted by atomic mass is 10.2. The van der Waals surface area contributed by atoms with Gasteiger partial charge in [0, 0.05) is 13.6 Å². The minimum atomic E-state index is -0.445. The predicted molar refractivity (Wildman–Crippen MR) is 73.0 cm³/mol. The van der Waals surface area contributed by atoms with Crippen LogP contribution in [0.15, 0.2) is 24.3 Å². The fourth-order valence-corrected chi connectivity index (χ4v) is 2.03. The second-order valence-corrected chi connectivity index (χ2v) is 4.36. The van der Waals surface area contributed by atoms with Gasteiger partial charge in [-0.1, -0.05) is 19.1 Å². The van der Waals surface area contributed by atoms with Gasteiger partial charge in [-0.15, -0.1) is 0 Å². The fraction of sp³-hybridized carbons (Fsp3) is 0.308. The summed E-state index contributed by atoms with van der Waals surface area (Å²) in [4.78, 5) is 10.7. The van der Waals surface area contributed by atoms with Crippen molar-refractivity contribution in [3.63, 3.8) is 0 Å². The Kier molecular flexibility index (Phi) is 3.97. The summed E-state index contributed by atoms with van der Waals surface area (Å²) < 4.78 is 14.5. The minimum absolute atomic E-state index is 0.0218. The Morgan fingerprint density at radius 2 is 2.25 bits per heavy atom. The van der Waals surface area contributed by atoms with Crippen LogP contribution in [0, 0.1) is 15.9 Å². The Balaban J connectivity index is 2.25. The number of rotatable bonds is 5. The van der Waals surface area contributed by atoms with E-state index in [9.17, 15) is 14.5 Å². The molecule has 0 aliphatic heterocycles. The molecule has 0 aliphatic rings. The topological polar surface area (TPSA) is 73.0 Å². The largest absolute Gasteiger partial charge is 0.360 e. The maximum atomic E-state index is 13.1. The summed E-state index contributed by atoms with van der Waals surface area (Å²) >= 11 is 0. The molecule has 0 aliphatic carbocycles. The second kappa shape index (κ2) is 5.68. The summed E-state index contributed by atoms with van der Waals surface area (Å²) in [5, 5.41) is 18.2. The first-order valence-electron chi connectivity index (χ1n) is 6.21. The molecule has 1 N–H and O–H groups in total. The average Bonchev–Trinajstić information content (AvgIpc) is 2.73. The van der Waals surface area contributed by atoms with Crippen molar-refractivity contribution in [3.8, 4) is 0 Å². The van der Waals surface area contributed by atoms with Crippen LogP contribution in [0.1, 0.15) is 18.2 Å². The molecule has 2 aromatic rings. The molecule has 2 rings (SSSR count). The molecule has 1 aromatic carbocycles. The zero-order valence-corrected chi connectivity index (χ0v) is 11.3. The van der Waals surface area contributed by atoms with Gasteiger partial charge in [-0.25, -0.2) is 9.07 Å². The summed E-state index contributed by atoms with van der Waals surface area (Å²) in [7, 11) is 1.64. The van der Waals surface area contributed by atoms with E-state index in [-0.39, 0.29) is 11.5 Å². The summed E-state index contributed by atoms with van der Waals surface area (Å²) in [6.45, 7) is 2.10. The fourth-order valence-electron chi connectivity index (χ4n) is 2.03. The highest BCUT2D eigenvalue weighted by Gasteiger charge is 2.25. The van der Waals surface area contributed by atoms with E-state index in [2.05, 4.69) is 10.4 Å². The lowest BCUT2D eigenvalue weighted by Crippen LogP contribution is -2.06. The zero-order chi connectivity index (χ0) is 14.7. The first-order valence-corrected chi connectivity index (χ1v) is 6.21. The number of anilines is 1. The van der Waals surface area contributed by atoms with Gasteiger partial charge in [0.1, 0.15) is 11.5 Å². The third-order valence-electron chi connectivity index (χ3n) is 2.96.